The molecule has 2 atom stereocenters. The van der Waals surface area contributed by atoms with Gasteiger partial charge in [-0.05, 0) is 13.0 Å². The first-order valence-electron chi connectivity index (χ1n) is 4.90. The molecule has 0 aromatic carbocycles. The molecule has 0 unspecified atom stereocenters. The molecule has 86 valence electrons. The van der Waals surface area contributed by atoms with E-state index in [-0.39, 0.29) is 13.0 Å². The molecule has 15 heavy (non-hydrogen) atoms. The van der Waals surface area contributed by atoms with Crippen molar-refractivity contribution in [3.8, 4) is 0 Å². The zero-order valence-electron chi connectivity index (χ0n) is 8.64. The number of hydrogen-bond donors (Lipinski definition) is 3. The van der Waals surface area contributed by atoms with Crippen LogP contribution in [0, 0.1) is 0 Å². The van der Waals surface area contributed by atoms with Gasteiger partial charge in [-0.2, -0.15) is 0 Å². The summed E-state index contributed by atoms with van der Waals surface area (Å²) in [5.74, 6) is -2.13. The van der Waals surface area contributed by atoms with Crippen LogP contribution in [0.2, 0.25) is 0 Å². The van der Waals surface area contributed by atoms with Crippen LogP contribution in [0.3, 0.4) is 0 Å². The Kier molecular flexibility index (Phi) is 3.31. The summed E-state index contributed by atoms with van der Waals surface area (Å²) < 4.78 is 0. The summed E-state index contributed by atoms with van der Waals surface area (Å²) in [6.07, 6.45) is 0.747. The molecule has 1 aliphatic heterocycles. The van der Waals surface area contributed by atoms with Crippen LogP contribution in [-0.4, -0.2) is 51.7 Å². The van der Waals surface area contributed by atoms with Crippen molar-refractivity contribution >= 4 is 11.9 Å². The fraction of sp³-hybridized carbons (Fsp3) is 0.778. The van der Waals surface area contributed by atoms with Crippen molar-refractivity contribution in [3.63, 3.8) is 0 Å². The highest BCUT2D eigenvalue weighted by Crippen LogP contribution is 2.25. The minimum absolute atomic E-state index is 0.0301. The zero-order chi connectivity index (χ0) is 11.6. The van der Waals surface area contributed by atoms with Gasteiger partial charge in [0.1, 0.15) is 11.6 Å². The third kappa shape index (κ3) is 2.27. The van der Waals surface area contributed by atoms with Gasteiger partial charge in [0.15, 0.2) is 0 Å². The average molecular weight is 216 g/mol. The lowest BCUT2D eigenvalue weighted by atomic mass is 9.98. The summed E-state index contributed by atoms with van der Waals surface area (Å²) in [6.45, 7) is 2.58. The third-order valence-corrected chi connectivity index (χ3v) is 2.71. The SMILES string of the molecule is CCCN1C[C@@](N)(C(=O)O)C[C@@H]1C(=O)O. The molecule has 1 aliphatic rings. The first-order chi connectivity index (χ1) is 6.90. The number of rotatable bonds is 4. The van der Waals surface area contributed by atoms with Gasteiger partial charge in [0.05, 0.1) is 0 Å². The van der Waals surface area contributed by atoms with Crippen LogP contribution < -0.4 is 5.73 Å². The molecule has 0 saturated carbocycles. The van der Waals surface area contributed by atoms with Crippen LogP contribution >= 0.6 is 0 Å². The second-order valence-corrected chi connectivity index (χ2v) is 3.99. The Balaban J connectivity index is 2.81. The number of nitrogens with two attached hydrogens (primary N) is 1. The van der Waals surface area contributed by atoms with Crippen LogP contribution in [0.4, 0.5) is 0 Å². The average Bonchev–Trinajstić information content (AvgIpc) is 2.45. The van der Waals surface area contributed by atoms with E-state index >= 15 is 0 Å². The Labute approximate surface area is 87.7 Å². The van der Waals surface area contributed by atoms with Crippen LogP contribution in [0.5, 0.6) is 0 Å². The normalized spacial score (nSPS) is 31.7. The number of likely N-dealkylation sites (tertiary alicyclic amines) is 1. The van der Waals surface area contributed by atoms with E-state index in [0.29, 0.717) is 6.54 Å². The highest BCUT2D eigenvalue weighted by molar-refractivity contribution is 5.83. The van der Waals surface area contributed by atoms with Gasteiger partial charge < -0.3 is 15.9 Å². The summed E-state index contributed by atoms with van der Waals surface area (Å²) in [5.41, 5.74) is 4.23. The van der Waals surface area contributed by atoms with Crippen molar-refractivity contribution in [1.29, 1.82) is 0 Å². The van der Waals surface area contributed by atoms with Gasteiger partial charge in [-0.1, -0.05) is 6.92 Å². The predicted octanol–water partition coefficient (Wildman–Crippen LogP) is -0.663. The van der Waals surface area contributed by atoms with Crippen LogP contribution in [-0.2, 0) is 9.59 Å². The number of carboxylic acids is 2. The second-order valence-electron chi connectivity index (χ2n) is 3.99. The maximum Gasteiger partial charge on any atom is 0.325 e. The summed E-state index contributed by atoms with van der Waals surface area (Å²) >= 11 is 0. The van der Waals surface area contributed by atoms with Gasteiger partial charge in [-0.15, -0.1) is 0 Å². The molecule has 0 radical (unpaired) electrons. The van der Waals surface area contributed by atoms with E-state index in [1.165, 1.54) is 0 Å². The van der Waals surface area contributed by atoms with E-state index < -0.39 is 23.5 Å². The Morgan fingerprint density at radius 1 is 1.53 bits per heavy atom. The fourth-order valence-electron chi connectivity index (χ4n) is 1.93. The lowest BCUT2D eigenvalue weighted by molar-refractivity contribution is -0.142. The van der Waals surface area contributed by atoms with E-state index in [9.17, 15) is 9.59 Å². The van der Waals surface area contributed by atoms with Crippen LogP contribution in [0.1, 0.15) is 19.8 Å². The first-order valence-corrected chi connectivity index (χ1v) is 4.90. The minimum atomic E-state index is -1.42. The second kappa shape index (κ2) is 4.16. The zero-order valence-corrected chi connectivity index (χ0v) is 8.64. The minimum Gasteiger partial charge on any atom is -0.480 e. The maximum absolute atomic E-state index is 10.9. The third-order valence-electron chi connectivity index (χ3n) is 2.71. The molecule has 0 amide bonds. The summed E-state index contributed by atoms with van der Waals surface area (Å²) in [7, 11) is 0. The smallest absolute Gasteiger partial charge is 0.325 e. The molecule has 0 aromatic rings. The monoisotopic (exact) mass is 216 g/mol. The molecule has 1 rings (SSSR count). The van der Waals surface area contributed by atoms with Crippen molar-refractivity contribution in [1.82, 2.24) is 4.90 Å². The van der Waals surface area contributed by atoms with E-state index in [1.807, 2.05) is 6.92 Å². The molecule has 6 heteroatoms. The number of carbonyl (C=O) groups is 2. The number of aliphatic carboxylic acids is 2. The molecule has 1 fully saturated rings. The van der Waals surface area contributed by atoms with E-state index in [0.717, 1.165) is 6.42 Å². The van der Waals surface area contributed by atoms with Crippen LogP contribution in [0.25, 0.3) is 0 Å². The molecule has 0 spiro atoms. The van der Waals surface area contributed by atoms with Gasteiger partial charge in [0, 0.05) is 13.0 Å². The van der Waals surface area contributed by atoms with Gasteiger partial charge in [-0.3, -0.25) is 14.5 Å². The fourth-order valence-corrected chi connectivity index (χ4v) is 1.93. The largest absolute Gasteiger partial charge is 0.480 e. The van der Waals surface area contributed by atoms with E-state index in [1.54, 1.807) is 4.90 Å². The summed E-state index contributed by atoms with van der Waals surface area (Å²) in [5, 5.41) is 17.8. The van der Waals surface area contributed by atoms with Crippen molar-refractivity contribution in [2.24, 2.45) is 5.73 Å². The lowest BCUT2D eigenvalue weighted by Crippen LogP contribution is -2.50. The molecule has 1 saturated heterocycles. The molecule has 0 bridgehead atoms. The van der Waals surface area contributed by atoms with Crippen molar-refractivity contribution in [2.45, 2.75) is 31.3 Å². The summed E-state index contributed by atoms with van der Waals surface area (Å²) in [4.78, 5) is 23.4. The molecular weight excluding hydrogens is 200 g/mol. The molecule has 0 aliphatic carbocycles. The summed E-state index contributed by atoms with van der Waals surface area (Å²) in [6, 6.07) is -0.772. The van der Waals surface area contributed by atoms with Crippen molar-refractivity contribution < 1.29 is 19.8 Å². The Hall–Kier alpha value is -1.14. The standard InChI is InChI=1S/C9H16N2O4/c1-2-3-11-5-9(10,8(14)15)4-6(11)7(12)13/h6H,2-5,10H2,1H3,(H,12,13)(H,14,15)/t6-,9-/m1/s1. The molecular formula is C9H16N2O4. The molecule has 1 heterocycles. The first kappa shape index (κ1) is 11.9. The van der Waals surface area contributed by atoms with E-state index in [4.69, 9.17) is 15.9 Å². The molecule has 6 nitrogen and oxygen atoms in total. The maximum atomic E-state index is 10.9. The van der Waals surface area contributed by atoms with Gasteiger partial charge >= 0.3 is 11.9 Å². The molecule has 0 aromatic heterocycles. The highest BCUT2D eigenvalue weighted by Gasteiger charge is 2.49. The number of nitrogens with zero attached hydrogens (tertiary/aromatic N) is 1. The quantitative estimate of drug-likeness (QED) is 0.576. The van der Waals surface area contributed by atoms with Gasteiger partial charge in [-0.25, -0.2) is 0 Å². The van der Waals surface area contributed by atoms with Gasteiger partial charge in [0.25, 0.3) is 0 Å². The highest BCUT2D eigenvalue weighted by atomic mass is 16.4. The lowest BCUT2D eigenvalue weighted by Gasteiger charge is -2.20. The number of carboxylic acid groups (broad SMARTS) is 2. The topological polar surface area (TPSA) is 104 Å². The van der Waals surface area contributed by atoms with E-state index in [2.05, 4.69) is 0 Å². The number of hydrogen-bond acceptors (Lipinski definition) is 4. The molecule has 4 N–H and O–H groups in total. The van der Waals surface area contributed by atoms with Crippen molar-refractivity contribution in [3.05, 3.63) is 0 Å². The van der Waals surface area contributed by atoms with Crippen molar-refractivity contribution in [2.75, 3.05) is 13.1 Å². The Morgan fingerprint density at radius 2 is 2.13 bits per heavy atom. The predicted molar refractivity (Wildman–Crippen MR) is 52.5 cm³/mol. The van der Waals surface area contributed by atoms with Crippen LogP contribution in [0.15, 0.2) is 0 Å². The van der Waals surface area contributed by atoms with Gasteiger partial charge in [0.2, 0.25) is 0 Å². The Morgan fingerprint density at radius 3 is 2.53 bits per heavy atom. The Bertz CT molecular complexity index is 281.